The van der Waals surface area contributed by atoms with Gasteiger partial charge in [-0.25, -0.2) is 4.98 Å². The number of hydrogen-bond acceptors (Lipinski definition) is 3. The predicted molar refractivity (Wildman–Crippen MR) is 78.7 cm³/mol. The van der Waals surface area contributed by atoms with Gasteiger partial charge in [0.05, 0.1) is 0 Å². The van der Waals surface area contributed by atoms with Crippen molar-refractivity contribution >= 4 is 11.6 Å². The van der Waals surface area contributed by atoms with E-state index in [9.17, 15) is 0 Å². The van der Waals surface area contributed by atoms with Gasteiger partial charge in [0.25, 0.3) is 0 Å². The molecule has 2 unspecified atom stereocenters. The van der Waals surface area contributed by atoms with E-state index >= 15 is 0 Å². The van der Waals surface area contributed by atoms with Gasteiger partial charge in [0.15, 0.2) is 0 Å². The highest BCUT2D eigenvalue weighted by Crippen LogP contribution is 2.30. The Morgan fingerprint density at radius 3 is 3.00 bits per heavy atom. The molecular formula is C15H23ClN2O. The summed E-state index contributed by atoms with van der Waals surface area (Å²) in [6.07, 6.45) is 6.88. The third-order valence-electron chi connectivity index (χ3n) is 3.61. The van der Waals surface area contributed by atoms with Crippen LogP contribution in [0.5, 0.6) is 5.88 Å². The van der Waals surface area contributed by atoms with Crippen molar-refractivity contribution in [3.05, 3.63) is 22.8 Å². The van der Waals surface area contributed by atoms with Crippen LogP contribution in [-0.4, -0.2) is 17.6 Å². The average Bonchev–Trinajstić information content (AvgIpc) is 2.39. The lowest BCUT2D eigenvalue weighted by Crippen LogP contribution is -2.24. The smallest absolute Gasteiger partial charge is 0.232 e. The average molecular weight is 283 g/mol. The summed E-state index contributed by atoms with van der Waals surface area (Å²) in [5.74, 6) is 1.33. The summed E-state index contributed by atoms with van der Waals surface area (Å²) < 4.78 is 5.95. The van der Waals surface area contributed by atoms with Crippen LogP contribution in [0.2, 0.25) is 5.02 Å². The van der Waals surface area contributed by atoms with Gasteiger partial charge in [-0.1, -0.05) is 31.9 Å². The zero-order valence-electron chi connectivity index (χ0n) is 11.8. The Morgan fingerprint density at radius 1 is 1.47 bits per heavy atom. The molecule has 1 aromatic heterocycles. The number of nitrogens with one attached hydrogen (secondary N) is 1. The highest BCUT2D eigenvalue weighted by Gasteiger charge is 2.21. The van der Waals surface area contributed by atoms with Crippen LogP contribution >= 0.6 is 11.6 Å². The second-order valence-corrected chi connectivity index (χ2v) is 5.83. The van der Waals surface area contributed by atoms with Gasteiger partial charge in [-0.2, -0.15) is 0 Å². The first-order chi connectivity index (χ1) is 9.19. The van der Waals surface area contributed by atoms with Gasteiger partial charge in [0.2, 0.25) is 5.88 Å². The fourth-order valence-corrected chi connectivity index (χ4v) is 2.79. The molecule has 2 rings (SSSR count). The van der Waals surface area contributed by atoms with Crippen LogP contribution in [0.1, 0.15) is 45.1 Å². The van der Waals surface area contributed by atoms with Crippen molar-refractivity contribution in [1.29, 1.82) is 0 Å². The molecule has 1 aliphatic carbocycles. The molecule has 0 spiro atoms. The van der Waals surface area contributed by atoms with E-state index in [1.165, 1.54) is 12.8 Å². The van der Waals surface area contributed by atoms with E-state index in [2.05, 4.69) is 24.1 Å². The van der Waals surface area contributed by atoms with Crippen LogP contribution in [0.3, 0.4) is 0 Å². The molecule has 0 saturated heterocycles. The SMILES string of the molecule is CCNCc1cnc(OC2CCCC(C)C2)c(Cl)c1. The first-order valence-corrected chi connectivity index (χ1v) is 7.58. The lowest BCUT2D eigenvalue weighted by molar-refractivity contribution is 0.124. The van der Waals surface area contributed by atoms with Crippen molar-refractivity contribution < 1.29 is 4.74 Å². The monoisotopic (exact) mass is 282 g/mol. The Morgan fingerprint density at radius 2 is 2.32 bits per heavy atom. The van der Waals surface area contributed by atoms with Gasteiger partial charge in [-0.15, -0.1) is 0 Å². The van der Waals surface area contributed by atoms with Crippen LogP contribution in [-0.2, 0) is 6.54 Å². The largest absolute Gasteiger partial charge is 0.473 e. The topological polar surface area (TPSA) is 34.2 Å². The van der Waals surface area contributed by atoms with E-state index in [-0.39, 0.29) is 6.10 Å². The van der Waals surface area contributed by atoms with Crippen molar-refractivity contribution in [3.8, 4) is 5.88 Å². The van der Waals surface area contributed by atoms with E-state index in [0.29, 0.717) is 10.9 Å². The van der Waals surface area contributed by atoms with Crippen LogP contribution in [0.25, 0.3) is 0 Å². The number of nitrogens with zero attached hydrogens (tertiary/aromatic N) is 1. The minimum absolute atomic E-state index is 0.272. The zero-order valence-corrected chi connectivity index (χ0v) is 12.5. The molecule has 19 heavy (non-hydrogen) atoms. The van der Waals surface area contributed by atoms with Crippen LogP contribution in [0.15, 0.2) is 12.3 Å². The summed E-state index contributed by atoms with van der Waals surface area (Å²) in [7, 11) is 0. The van der Waals surface area contributed by atoms with E-state index < -0.39 is 0 Å². The molecule has 0 aromatic carbocycles. The van der Waals surface area contributed by atoms with Crippen LogP contribution < -0.4 is 10.1 Å². The van der Waals surface area contributed by atoms with E-state index in [1.54, 1.807) is 0 Å². The predicted octanol–water partition coefficient (Wildman–Crippen LogP) is 3.80. The summed E-state index contributed by atoms with van der Waals surface area (Å²) in [6, 6.07) is 1.94. The Bertz CT molecular complexity index is 411. The molecule has 0 bridgehead atoms. The molecule has 1 heterocycles. The van der Waals surface area contributed by atoms with E-state index in [0.717, 1.165) is 37.4 Å². The first kappa shape index (κ1) is 14.6. The molecule has 0 radical (unpaired) electrons. The number of aromatic nitrogens is 1. The van der Waals surface area contributed by atoms with Crippen molar-refractivity contribution in [2.75, 3.05) is 6.54 Å². The van der Waals surface area contributed by atoms with Gasteiger partial charge in [-0.3, -0.25) is 0 Å². The fourth-order valence-electron chi connectivity index (χ4n) is 2.56. The second kappa shape index (κ2) is 7.11. The van der Waals surface area contributed by atoms with E-state index in [1.807, 2.05) is 12.3 Å². The summed E-state index contributed by atoms with van der Waals surface area (Å²) in [5, 5.41) is 3.88. The molecule has 2 atom stereocenters. The normalized spacial score (nSPS) is 23.3. The molecule has 1 N–H and O–H groups in total. The van der Waals surface area contributed by atoms with Gasteiger partial charge in [-0.05, 0) is 43.4 Å². The third kappa shape index (κ3) is 4.36. The lowest BCUT2D eigenvalue weighted by atomic mass is 9.89. The molecule has 1 saturated carbocycles. The number of halogens is 1. The zero-order chi connectivity index (χ0) is 13.7. The quantitative estimate of drug-likeness (QED) is 0.892. The third-order valence-corrected chi connectivity index (χ3v) is 3.88. The number of pyridine rings is 1. The lowest BCUT2D eigenvalue weighted by Gasteiger charge is -2.27. The van der Waals surface area contributed by atoms with Gasteiger partial charge >= 0.3 is 0 Å². The summed E-state index contributed by atoms with van der Waals surface area (Å²) in [4.78, 5) is 4.36. The Labute approximate surface area is 120 Å². The van der Waals surface area contributed by atoms with Gasteiger partial charge < -0.3 is 10.1 Å². The summed E-state index contributed by atoms with van der Waals surface area (Å²) >= 11 is 6.25. The van der Waals surface area contributed by atoms with Crippen molar-refractivity contribution in [1.82, 2.24) is 10.3 Å². The second-order valence-electron chi connectivity index (χ2n) is 5.42. The maximum absolute atomic E-state index is 6.25. The molecule has 3 nitrogen and oxygen atoms in total. The maximum Gasteiger partial charge on any atom is 0.232 e. The molecule has 4 heteroatoms. The van der Waals surface area contributed by atoms with Gasteiger partial charge in [0, 0.05) is 12.7 Å². The maximum atomic E-state index is 6.25. The van der Waals surface area contributed by atoms with Crippen molar-refractivity contribution in [2.24, 2.45) is 5.92 Å². The number of hydrogen-bond donors (Lipinski definition) is 1. The molecule has 1 aliphatic rings. The van der Waals surface area contributed by atoms with Crippen LogP contribution in [0.4, 0.5) is 0 Å². The Balaban J connectivity index is 1.96. The highest BCUT2D eigenvalue weighted by molar-refractivity contribution is 6.31. The minimum atomic E-state index is 0.272. The Kier molecular flexibility index (Phi) is 5.46. The Hall–Kier alpha value is -0.800. The highest BCUT2D eigenvalue weighted by atomic mass is 35.5. The van der Waals surface area contributed by atoms with Gasteiger partial charge in [0.1, 0.15) is 11.1 Å². The van der Waals surface area contributed by atoms with Crippen molar-refractivity contribution in [2.45, 2.75) is 52.2 Å². The molecular weight excluding hydrogens is 260 g/mol. The summed E-state index contributed by atoms with van der Waals surface area (Å²) in [5.41, 5.74) is 1.09. The summed E-state index contributed by atoms with van der Waals surface area (Å²) in [6.45, 7) is 6.10. The molecule has 0 amide bonds. The number of rotatable bonds is 5. The minimum Gasteiger partial charge on any atom is -0.473 e. The fraction of sp³-hybridized carbons (Fsp3) is 0.667. The molecule has 0 aliphatic heterocycles. The van der Waals surface area contributed by atoms with Crippen molar-refractivity contribution in [3.63, 3.8) is 0 Å². The molecule has 1 aromatic rings. The first-order valence-electron chi connectivity index (χ1n) is 7.20. The van der Waals surface area contributed by atoms with Crippen LogP contribution in [0, 0.1) is 5.92 Å². The molecule has 1 fully saturated rings. The number of ether oxygens (including phenoxy) is 1. The standard InChI is InChI=1S/C15H23ClN2O/c1-3-17-9-12-8-14(16)15(18-10-12)19-13-6-4-5-11(2)7-13/h8,10-11,13,17H,3-7,9H2,1-2H3. The van der Waals surface area contributed by atoms with E-state index in [4.69, 9.17) is 16.3 Å². The molecule has 106 valence electrons.